The van der Waals surface area contributed by atoms with E-state index in [1.165, 1.54) is 24.7 Å². The Morgan fingerprint density at radius 2 is 1.90 bits per heavy atom. The molecule has 0 fully saturated rings. The minimum Gasteiger partial charge on any atom is -0.456 e. The molecule has 2 aromatic rings. The summed E-state index contributed by atoms with van der Waals surface area (Å²) in [6.07, 6.45) is 0. The Morgan fingerprint density at radius 1 is 1.19 bits per heavy atom. The molecular weight excluding hydrogens is 340 g/mol. The molecule has 0 aliphatic carbocycles. The zero-order valence-corrected chi connectivity index (χ0v) is 13.1. The molecule has 0 aliphatic heterocycles. The van der Waals surface area contributed by atoms with E-state index in [1.807, 2.05) is 0 Å². The Hall–Kier alpha value is -2.15. The fraction of sp³-hybridized carbons (Fsp3) is 0.214. The molecule has 7 heteroatoms. The van der Waals surface area contributed by atoms with Gasteiger partial charge in [0, 0.05) is 24.6 Å². The SMILES string of the molecule is Cn1c(COC(=O)c2cccc(Br)c2)cc(=O)n(C)c1=O. The molecule has 0 aliphatic rings. The van der Waals surface area contributed by atoms with E-state index in [1.54, 1.807) is 24.3 Å². The van der Waals surface area contributed by atoms with Crippen molar-refractivity contribution in [3.8, 4) is 0 Å². The number of hydrogen-bond acceptors (Lipinski definition) is 4. The maximum Gasteiger partial charge on any atom is 0.338 e. The number of halogens is 1. The van der Waals surface area contributed by atoms with Crippen LogP contribution in [0.15, 0.2) is 44.4 Å². The molecule has 1 aromatic heterocycles. The van der Waals surface area contributed by atoms with Crippen molar-refractivity contribution in [1.29, 1.82) is 0 Å². The number of nitrogens with zero attached hydrogens (tertiary/aromatic N) is 2. The van der Waals surface area contributed by atoms with Gasteiger partial charge in [-0.15, -0.1) is 0 Å². The fourth-order valence-electron chi connectivity index (χ4n) is 1.76. The summed E-state index contributed by atoms with van der Waals surface area (Å²) < 4.78 is 8.15. The number of rotatable bonds is 3. The summed E-state index contributed by atoms with van der Waals surface area (Å²) >= 11 is 3.27. The average Bonchev–Trinajstić information content (AvgIpc) is 2.47. The van der Waals surface area contributed by atoms with Gasteiger partial charge in [-0.2, -0.15) is 0 Å². The van der Waals surface area contributed by atoms with E-state index in [4.69, 9.17) is 4.74 Å². The largest absolute Gasteiger partial charge is 0.456 e. The smallest absolute Gasteiger partial charge is 0.338 e. The normalized spacial score (nSPS) is 10.4. The topological polar surface area (TPSA) is 70.3 Å². The lowest BCUT2D eigenvalue weighted by molar-refractivity contribution is 0.0462. The van der Waals surface area contributed by atoms with Gasteiger partial charge in [0.05, 0.1) is 11.3 Å². The molecule has 1 aromatic carbocycles. The summed E-state index contributed by atoms with van der Waals surface area (Å²) in [7, 11) is 2.91. The van der Waals surface area contributed by atoms with E-state index >= 15 is 0 Å². The van der Waals surface area contributed by atoms with Gasteiger partial charge in [-0.05, 0) is 18.2 Å². The van der Waals surface area contributed by atoms with Crippen LogP contribution < -0.4 is 11.2 Å². The maximum absolute atomic E-state index is 11.9. The van der Waals surface area contributed by atoms with Crippen LogP contribution in [0, 0.1) is 0 Å². The van der Waals surface area contributed by atoms with E-state index in [2.05, 4.69) is 15.9 Å². The zero-order chi connectivity index (χ0) is 15.6. The Morgan fingerprint density at radius 3 is 2.57 bits per heavy atom. The number of carbonyl (C=O) groups excluding carboxylic acids is 1. The van der Waals surface area contributed by atoms with Crippen molar-refractivity contribution in [3.63, 3.8) is 0 Å². The number of esters is 1. The number of benzene rings is 1. The molecule has 0 saturated heterocycles. The van der Waals surface area contributed by atoms with Gasteiger partial charge < -0.3 is 4.74 Å². The van der Waals surface area contributed by atoms with Gasteiger partial charge in [-0.1, -0.05) is 22.0 Å². The minimum atomic E-state index is -0.524. The lowest BCUT2D eigenvalue weighted by Gasteiger charge is -2.10. The molecule has 0 atom stereocenters. The quantitative estimate of drug-likeness (QED) is 0.778. The highest BCUT2D eigenvalue weighted by atomic mass is 79.9. The molecule has 0 amide bonds. The monoisotopic (exact) mass is 352 g/mol. The third-order valence-electron chi connectivity index (χ3n) is 3.04. The Balaban J connectivity index is 2.19. The third kappa shape index (κ3) is 3.30. The van der Waals surface area contributed by atoms with Crippen molar-refractivity contribution in [1.82, 2.24) is 9.13 Å². The summed E-state index contributed by atoms with van der Waals surface area (Å²) in [5, 5.41) is 0. The maximum atomic E-state index is 11.9. The molecule has 0 saturated carbocycles. The van der Waals surface area contributed by atoms with Gasteiger partial charge in [-0.3, -0.25) is 13.9 Å². The van der Waals surface area contributed by atoms with Gasteiger partial charge in [0.15, 0.2) is 0 Å². The predicted molar refractivity (Wildman–Crippen MR) is 80.2 cm³/mol. The Labute approximate surface area is 128 Å². The third-order valence-corrected chi connectivity index (χ3v) is 3.53. The van der Waals surface area contributed by atoms with Crippen LogP contribution >= 0.6 is 15.9 Å². The molecule has 6 nitrogen and oxygen atoms in total. The molecule has 2 rings (SSSR count). The highest BCUT2D eigenvalue weighted by Crippen LogP contribution is 2.13. The number of aromatic nitrogens is 2. The fourth-order valence-corrected chi connectivity index (χ4v) is 2.15. The van der Waals surface area contributed by atoms with Gasteiger partial charge in [0.2, 0.25) is 0 Å². The highest BCUT2D eigenvalue weighted by molar-refractivity contribution is 9.10. The lowest BCUT2D eigenvalue weighted by Crippen LogP contribution is -2.38. The second-order valence-electron chi connectivity index (χ2n) is 4.46. The van der Waals surface area contributed by atoms with Crippen molar-refractivity contribution in [2.45, 2.75) is 6.61 Å². The molecule has 0 spiro atoms. The van der Waals surface area contributed by atoms with E-state index in [9.17, 15) is 14.4 Å². The molecular formula is C14H13BrN2O4. The Kier molecular flexibility index (Phi) is 4.42. The molecule has 0 radical (unpaired) electrons. The Bertz CT molecular complexity index is 807. The number of carbonyl (C=O) groups is 1. The summed E-state index contributed by atoms with van der Waals surface area (Å²) in [5.41, 5.74) is -0.174. The molecule has 110 valence electrons. The van der Waals surface area contributed by atoms with Crippen molar-refractivity contribution in [2.75, 3.05) is 0 Å². The summed E-state index contributed by atoms with van der Waals surface area (Å²) in [5.74, 6) is -0.524. The first-order chi connectivity index (χ1) is 9.90. The van der Waals surface area contributed by atoms with Gasteiger partial charge >= 0.3 is 11.7 Å². The average molecular weight is 353 g/mol. The summed E-state index contributed by atoms with van der Waals surface area (Å²) in [6, 6.07) is 8.03. The van der Waals surface area contributed by atoms with Crippen LogP contribution in [-0.2, 0) is 25.4 Å². The number of hydrogen-bond donors (Lipinski definition) is 0. The van der Waals surface area contributed by atoms with E-state index in [-0.39, 0.29) is 6.61 Å². The van der Waals surface area contributed by atoms with Crippen LogP contribution in [0.3, 0.4) is 0 Å². The van der Waals surface area contributed by atoms with E-state index in [0.717, 1.165) is 9.04 Å². The summed E-state index contributed by atoms with van der Waals surface area (Å²) in [6.45, 7) is -0.146. The van der Waals surface area contributed by atoms with Crippen LogP contribution in [0.5, 0.6) is 0 Å². The second kappa shape index (κ2) is 6.09. The first kappa shape index (κ1) is 15.2. The van der Waals surface area contributed by atoms with Crippen LogP contribution in [-0.4, -0.2) is 15.1 Å². The van der Waals surface area contributed by atoms with Crippen LogP contribution in [0.1, 0.15) is 16.1 Å². The number of ether oxygens (including phenoxy) is 1. The van der Waals surface area contributed by atoms with Gasteiger partial charge in [0.1, 0.15) is 6.61 Å². The van der Waals surface area contributed by atoms with Crippen molar-refractivity contribution in [3.05, 3.63) is 66.9 Å². The minimum absolute atomic E-state index is 0.146. The van der Waals surface area contributed by atoms with E-state index in [0.29, 0.717) is 11.3 Å². The van der Waals surface area contributed by atoms with Crippen molar-refractivity contribution < 1.29 is 9.53 Å². The van der Waals surface area contributed by atoms with Gasteiger partial charge in [0.25, 0.3) is 5.56 Å². The van der Waals surface area contributed by atoms with Crippen LogP contribution in [0.25, 0.3) is 0 Å². The van der Waals surface area contributed by atoms with E-state index < -0.39 is 17.2 Å². The molecule has 1 heterocycles. The van der Waals surface area contributed by atoms with Crippen molar-refractivity contribution in [2.24, 2.45) is 14.1 Å². The lowest BCUT2D eigenvalue weighted by atomic mass is 10.2. The van der Waals surface area contributed by atoms with Crippen molar-refractivity contribution >= 4 is 21.9 Å². The molecule has 0 bridgehead atoms. The molecule has 0 N–H and O–H groups in total. The second-order valence-corrected chi connectivity index (χ2v) is 5.38. The predicted octanol–water partition coefficient (Wildman–Crippen LogP) is 1.20. The zero-order valence-electron chi connectivity index (χ0n) is 11.5. The summed E-state index contributed by atoms with van der Waals surface area (Å²) in [4.78, 5) is 35.2. The van der Waals surface area contributed by atoms with Crippen LogP contribution in [0.2, 0.25) is 0 Å². The van der Waals surface area contributed by atoms with Gasteiger partial charge in [-0.25, -0.2) is 9.59 Å². The standard InChI is InChI=1S/C14H13BrN2O4/c1-16-11(7-12(18)17(2)14(16)20)8-21-13(19)9-4-3-5-10(15)6-9/h3-7H,8H2,1-2H3. The highest BCUT2D eigenvalue weighted by Gasteiger charge is 2.11. The first-order valence-electron chi connectivity index (χ1n) is 6.09. The molecule has 0 unspecified atom stereocenters. The molecule has 21 heavy (non-hydrogen) atoms. The first-order valence-corrected chi connectivity index (χ1v) is 6.88. The van der Waals surface area contributed by atoms with Crippen LogP contribution in [0.4, 0.5) is 0 Å².